The number of hydrogen-bond donors (Lipinski definition) is 1. The number of nitrogens with zero attached hydrogens (tertiary/aromatic N) is 1. The molecule has 1 aliphatic heterocycles. The van der Waals surface area contributed by atoms with Crippen LogP contribution in [0.1, 0.15) is 30.0 Å². The smallest absolute Gasteiger partial charge is 0.282 e. The van der Waals surface area contributed by atoms with Gasteiger partial charge in [-0.05, 0) is 73.9 Å². The summed E-state index contributed by atoms with van der Waals surface area (Å²) in [6.45, 7) is 6.51. The van der Waals surface area contributed by atoms with Crippen LogP contribution in [0.5, 0.6) is 5.75 Å². The van der Waals surface area contributed by atoms with Crippen molar-refractivity contribution < 1.29 is 14.3 Å². The molecule has 3 aromatic carbocycles. The minimum Gasteiger partial charge on any atom is -0.494 e. The Hall–Kier alpha value is -3.57. The molecular formula is C27H25ClN2O3. The van der Waals surface area contributed by atoms with E-state index in [1.807, 2.05) is 51.1 Å². The second kappa shape index (κ2) is 9.51. The molecule has 33 heavy (non-hydrogen) atoms. The topological polar surface area (TPSA) is 58.6 Å². The number of ether oxygens (including phenoxy) is 1. The molecule has 0 bridgehead atoms. The molecule has 1 heterocycles. The van der Waals surface area contributed by atoms with Crippen LogP contribution < -0.4 is 15.0 Å². The van der Waals surface area contributed by atoms with E-state index in [2.05, 4.69) is 5.32 Å². The van der Waals surface area contributed by atoms with Gasteiger partial charge >= 0.3 is 0 Å². The van der Waals surface area contributed by atoms with E-state index >= 15 is 0 Å². The Bertz CT molecular complexity index is 1230. The summed E-state index contributed by atoms with van der Waals surface area (Å²) in [5.74, 6) is -0.0591. The third-order valence-corrected chi connectivity index (χ3v) is 5.68. The highest BCUT2D eigenvalue weighted by Gasteiger charge is 2.40. The number of benzene rings is 3. The Labute approximate surface area is 198 Å². The van der Waals surface area contributed by atoms with Crippen LogP contribution in [0.15, 0.2) is 72.4 Å². The molecule has 0 saturated carbocycles. The maximum absolute atomic E-state index is 13.6. The first-order valence-electron chi connectivity index (χ1n) is 10.8. The van der Waals surface area contributed by atoms with Crippen LogP contribution >= 0.6 is 11.6 Å². The predicted molar refractivity (Wildman–Crippen MR) is 133 cm³/mol. The number of carbonyl (C=O) groups is 2. The molecule has 1 N–H and O–H groups in total. The number of hydrogen-bond acceptors (Lipinski definition) is 4. The van der Waals surface area contributed by atoms with Gasteiger partial charge in [0.2, 0.25) is 0 Å². The van der Waals surface area contributed by atoms with Crippen molar-refractivity contribution in [2.45, 2.75) is 27.2 Å². The third kappa shape index (κ3) is 4.64. The van der Waals surface area contributed by atoms with E-state index in [1.54, 1.807) is 36.4 Å². The minimum atomic E-state index is -0.403. The van der Waals surface area contributed by atoms with E-state index in [1.165, 1.54) is 4.90 Å². The lowest BCUT2D eigenvalue weighted by molar-refractivity contribution is -0.120. The van der Waals surface area contributed by atoms with Crippen LogP contribution in [-0.2, 0) is 9.59 Å². The molecule has 0 unspecified atom stereocenters. The first-order chi connectivity index (χ1) is 15.9. The second-order valence-electron chi connectivity index (χ2n) is 7.99. The summed E-state index contributed by atoms with van der Waals surface area (Å²) in [7, 11) is 0. The zero-order valence-corrected chi connectivity index (χ0v) is 19.6. The van der Waals surface area contributed by atoms with E-state index in [0.717, 1.165) is 23.3 Å². The predicted octanol–water partition coefficient (Wildman–Crippen LogP) is 6.14. The Morgan fingerprint density at radius 1 is 0.909 bits per heavy atom. The molecule has 0 aliphatic carbocycles. The number of amides is 2. The molecule has 4 rings (SSSR count). The largest absolute Gasteiger partial charge is 0.494 e. The van der Waals surface area contributed by atoms with Crippen molar-refractivity contribution in [1.29, 1.82) is 0 Å². The first kappa shape index (κ1) is 22.6. The van der Waals surface area contributed by atoms with E-state index in [4.69, 9.17) is 16.3 Å². The van der Waals surface area contributed by atoms with Gasteiger partial charge < -0.3 is 10.1 Å². The molecule has 0 radical (unpaired) electrons. The van der Waals surface area contributed by atoms with Crippen molar-refractivity contribution in [1.82, 2.24) is 0 Å². The van der Waals surface area contributed by atoms with Gasteiger partial charge in [-0.1, -0.05) is 48.4 Å². The fourth-order valence-electron chi connectivity index (χ4n) is 3.68. The summed E-state index contributed by atoms with van der Waals surface area (Å²) in [4.78, 5) is 28.3. The van der Waals surface area contributed by atoms with E-state index in [0.29, 0.717) is 34.1 Å². The molecule has 0 fully saturated rings. The number of imide groups is 1. The Morgan fingerprint density at radius 2 is 1.61 bits per heavy atom. The van der Waals surface area contributed by atoms with Crippen molar-refractivity contribution in [3.05, 3.63) is 94.1 Å². The van der Waals surface area contributed by atoms with E-state index in [9.17, 15) is 9.59 Å². The first-order valence-corrected chi connectivity index (χ1v) is 11.2. The molecule has 2 amide bonds. The zero-order chi connectivity index (χ0) is 23.5. The fraction of sp³-hybridized carbons (Fsp3) is 0.185. The van der Waals surface area contributed by atoms with E-state index in [-0.39, 0.29) is 11.6 Å². The van der Waals surface area contributed by atoms with Gasteiger partial charge in [0.15, 0.2) is 0 Å². The molecular weight excluding hydrogens is 436 g/mol. The fourth-order valence-corrected chi connectivity index (χ4v) is 3.91. The molecule has 5 nitrogen and oxygen atoms in total. The minimum absolute atomic E-state index is 0.230. The number of nitrogens with one attached hydrogen (secondary N) is 1. The lowest BCUT2D eigenvalue weighted by Crippen LogP contribution is -2.32. The van der Waals surface area contributed by atoms with Crippen molar-refractivity contribution in [3.8, 4) is 5.75 Å². The van der Waals surface area contributed by atoms with Gasteiger partial charge in [-0.25, -0.2) is 4.90 Å². The lowest BCUT2D eigenvalue weighted by Gasteiger charge is -2.16. The average molecular weight is 461 g/mol. The zero-order valence-electron chi connectivity index (χ0n) is 18.8. The summed E-state index contributed by atoms with van der Waals surface area (Å²) >= 11 is 6.10. The van der Waals surface area contributed by atoms with Gasteiger partial charge in [0.25, 0.3) is 11.8 Å². The average Bonchev–Trinajstić information content (AvgIpc) is 3.04. The monoisotopic (exact) mass is 460 g/mol. The molecule has 0 aromatic heterocycles. The molecule has 168 valence electrons. The number of carbonyl (C=O) groups excluding carboxylic acids is 2. The maximum Gasteiger partial charge on any atom is 0.282 e. The number of aryl methyl sites for hydroxylation is 2. The highest BCUT2D eigenvalue weighted by Crippen LogP contribution is 2.35. The molecule has 6 heteroatoms. The standard InChI is InChI=1S/C27H25ClN2O3/c1-4-15-33-22-12-7-19(8-13-22)24-25(29-23-14-9-20(28)16-18(23)3)27(32)30(26(24)31)21-10-5-17(2)6-11-21/h5-14,16,29H,4,15H2,1-3H3. The molecule has 0 spiro atoms. The van der Waals surface area contributed by atoms with Crippen molar-refractivity contribution >= 4 is 40.4 Å². The number of anilines is 2. The second-order valence-corrected chi connectivity index (χ2v) is 8.42. The summed E-state index contributed by atoms with van der Waals surface area (Å²) in [5, 5.41) is 3.80. The van der Waals surface area contributed by atoms with Gasteiger partial charge in [0.05, 0.1) is 17.9 Å². The quantitative estimate of drug-likeness (QED) is 0.430. The third-order valence-electron chi connectivity index (χ3n) is 5.44. The Balaban J connectivity index is 1.77. The summed E-state index contributed by atoms with van der Waals surface area (Å²) < 4.78 is 5.67. The van der Waals surface area contributed by atoms with Crippen LogP contribution in [0.25, 0.3) is 5.57 Å². The molecule has 0 saturated heterocycles. The van der Waals surface area contributed by atoms with Crippen LogP contribution in [0.3, 0.4) is 0 Å². The SMILES string of the molecule is CCCOc1ccc(C2=C(Nc3ccc(Cl)cc3C)C(=O)N(c3ccc(C)cc3)C2=O)cc1. The molecule has 0 atom stereocenters. The van der Waals surface area contributed by atoms with Gasteiger partial charge in [0, 0.05) is 10.7 Å². The number of halogens is 1. The van der Waals surface area contributed by atoms with Gasteiger partial charge in [0.1, 0.15) is 11.4 Å². The highest BCUT2D eigenvalue weighted by molar-refractivity contribution is 6.46. The van der Waals surface area contributed by atoms with Gasteiger partial charge in [-0.15, -0.1) is 0 Å². The summed E-state index contributed by atoms with van der Waals surface area (Å²) in [6.07, 6.45) is 0.903. The van der Waals surface area contributed by atoms with Crippen LogP contribution in [-0.4, -0.2) is 18.4 Å². The lowest BCUT2D eigenvalue weighted by atomic mass is 10.0. The Morgan fingerprint density at radius 3 is 2.24 bits per heavy atom. The summed E-state index contributed by atoms with van der Waals surface area (Å²) in [6, 6.07) is 19.9. The normalized spacial score (nSPS) is 13.6. The highest BCUT2D eigenvalue weighted by atomic mass is 35.5. The van der Waals surface area contributed by atoms with Gasteiger partial charge in [-0.3, -0.25) is 9.59 Å². The van der Waals surface area contributed by atoms with Crippen LogP contribution in [0.2, 0.25) is 5.02 Å². The van der Waals surface area contributed by atoms with Crippen molar-refractivity contribution in [3.63, 3.8) is 0 Å². The van der Waals surface area contributed by atoms with Crippen molar-refractivity contribution in [2.24, 2.45) is 0 Å². The Kier molecular flexibility index (Phi) is 6.52. The summed E-state index contributed by atoms with van der Waals surface area (Å²) in [5.41, 5.74) is 4.34. The molecule has 3 aromatic rings. The van der Waals surface area contributed by atoms with E-state index < -0.39 is 5.91 Å². The number of rotatable bonds is 7. The van der Waals surface area contributed by atoms with Crippen LogP contribution in [0, 0.1) is 13.8 Å². The van der Waals surface area contributed by atoms with Gasteiger partial charge in [-0.2, -0.15) is 0 Å². The molecule has 1 aliphatic rings. The van der Waals surface area contributed by atoms with Crippen molar-refractivity contribution in [2.75, 3.05) is 16.8 Å². The maximum atomic E-state index is 13.6. The van der Waals surface area contributed by atoms with Crippen LogP contribution in [0.4, 0.5) is 11.4 Å².